The second-order valence-electron chi connectivity index (χ2n) is 5.96. The Hall–Kier alpha value is -0.610. The van der Waals surface area contributed by atoms with Gasteiger partial charge >= 0.3 is 0 Å². The lowest BCUT2D eigenvalue weighted by Crippen LogP contribution is -2.60. The molecule has 2 rings (SSSR count). The first kappa shape index (κ1) is 13.8. The average Bonchev–Trinajstić information content (AvgIpc) is 2.37. The van der Waals surface area contributed by atoms with Gasteiger partial charge in [0.2, 0.25) is 5.91 Å². The largest absolute Gasteiger partial charge is 0.337 e. The highest BCUT2D eigenvalue weighted by Crippen LogP contribution is 2.25. The Labute approximate surface area is 110 Å². The molecule has 4 heteroatoms. The van der Waals surface area contributed by atoms with Crippen molar-refractivity contribution in [1.82, 2.24) is 9.80 Å². The third-order valence-corrected chi connectivity index (χ3v) is 4.49. The van der Waals surface area contributed by atoms with E-state index in [2.05, 4.69) is 16.7 Å². The lowest BCUT2D eigenvalue weighted by Gasteiger charge is -2.48. The normalized spacial score (nSPS) is 30.9. The summed E-state index contributed by atoms with van der Waals surface area (Å²) in [7, 11) is 0. The molecule has 104 valence electrons. The van der Waals surface area contributed by atoms with Gasteiger partial charge in [-0.1, -0.05) is 13.3 Å². The highest BCUT2D eigenvalue weighted by atomic mass is 16.2. The van der Waals surface area contributed by atoms with Gasteiger partial charge in [-0.15, -0.1) is 0 Å². The van der Waals surface area contributed by atoms with Crippen molar-refractivity contribution in [2.24, 2.45) is 11.7 Å². The van der Waals surface area contributed by atoms with Crippen LogP contribution in [0, 0.1) is 5.92 Å². The van der Waals surface area contributed by atoms with Crippen molar-refractivity contribution < 1.29 is 4.79 Å². The van der Waals surface area contributed by atoms with Gasteiger partial charge in [0.25, 0.3) is 0 Å². The molecule has 0 radical (unpaired) electrons. The van der Waals surface area contributed by atoms with Gasteiger partial charge in [-0.25, -0.2) is 0 Å². The molecule has 0 saturated carbocycles. The molecule has 0 spiro atoms. The molecular formula is C14H27N3O. The van der Waals surface area contributed by atoms with Gasteiger partial charge < -0.3 is 10.6 Å². The Morgan fingerprint density at radius 2 is 2.17 bits per heavy atom. The van der Waals surface area contributed by atoms with Crippen molar-refractivity contribution in [2.45, 2.75) is 51.6 Å². The van der Waals surface area contributed by atoms with Crippen LogP contribution in [0.5, 0.6) is 0 Å². The molecule has 2 N–H and O–H groups in total. The summed E-state index contributed by atoms with van der Waals surface area (Å²) in [6, 6.07) is 0.955. The SMILES string of the molecule is CC(CCN)C(=O)N1CC2CCCCN2CC1C. The van der Waals surface area contributed by atoms with Gasteiger partial charge in [0.05, 0.1) is 0 Å². The van der Waals surface area contributed by atoms with Crippen LogP contribution in [-0.4, -0.2) is 54.0 Å². The number of carbonyl (C=O) groups is 1. The maximum absolute atomic E-state index is 12.4. The third kappa shape index (κ3) is 2.86. The number of rotatable bonds is 3. The maximum Gasteiger partial charge on any atom is 0.225 e. The van der Waals surface area contributed by atoms with Crippen molar-refractivity contribution in [3.8, 4) is 0 Å². The fourth-order valence-electron chi connectivity index (χ4n) is 3.32. The van der Waals surface area contributed by atoms with E-state index in [1.165, 1.54) is 25.8 Å². The van der Waals surface area contributed by atoms with Crippen molar-refractivity contribution in [3.05, 3.63) is 0 Å². The van der Waals surface area contributed by atoms with Gasteiger partial charge in [0.1, 0.15) is 0 Å². The summed E-state index contributed by atoms with van der Waals surface area (Å²) in [6.45, 7) is 7.98. The lowest BCUT2D eigenvalue weighted by molar-refractivity contribution is -0.142. The van der Waals surface area contributed by atoms with Gasteiger partial charge in [-0.2, -0.15) is 0 Å². The van der Waals surface area contributed by atoms with E-state index in [1.54, 1.807) is 0 Å². The molecule has 0 aliphatic carbocycles. The van der Waals surface area contributed by atoms with Crippen LogP contribution in [0.25, 0.3) is 0 Å². The van der Waals surface area contributed by atoms with Crippen LogP contribution in [0.1, 0.15) is 39.5 Å². The number of hydrogen-bond donors (Lipinski definition) is 1. The Kier molecular flexibility index (Phi) is 4.62. The number of fused-ring (bicyclic) bond motifs is 1. The number of piperidine rings is 1. The Balaban J connectivity index is 1.98. The predicted octanol–water partition coefficient (Wildman–Crippen LogP) is 1.06. The second kappa shape index (κ2) is 6.02. The van der Waals surface area contributed by atoms with E-state index in [0.29, 0.717) is 24.5 Å². The summed E-state index contributed by atoms with van der Waals surface area (Å²) in [6.07, 6.45) is 4.69. The summed E-state index contributed by atoms with van der Waals surface area (Å²) in [5.74, 6) is 0.380. The molecule has 2 heterocycles. The van der Waals surface area contributed by atoms with Crippen molar-refractivity contribution >= 4 is 5.91 Å². The van der Waals surface area contributed by atoms with Gasteiger partial charge in [-0.05, 0) is 39.3 Å². The van der Waals surface area contributed by atoms with Crippen LogP contribution >= 0.6 is 0 Å². The molecule has 2 fully saturated rings. The lowest BCUT2D eigenvalue weighted by atomic mass is 9.95. The molecule has 2 aliphatic heterocycles. The minimum atomic E-state index is 0.0765. The summed E-state index contributed by atoms with van der Waals surface area (Å²) >= 11 is 0. The minimum Gasteiger partial charge on any atom is -0.337 e. The Bertz CT molecular complexity index is 295. The summed E-state index contributed by atoms with van der Waals surface area (Å²) in [5, 5.41) is 0. The number of piperazine rings is 1. The standard InChI is InChI=1S/C14H27N3O/c1-11(6-7-15)14(18)17-10-13-5-3-4-8-16(13)9-12(17)2/h11-13H,3-10,15H2,1-2H3. The van der Waals surface area contributed by atoms with E-state index < -0.39 is 0 Å². The number of hydrogen-bond acceptors (Lipinski definition) is 3. The molecule has 0 aromatic carbocycles. The van der Waals surface area contributed by atoms with Crippen LogP contribution in [0.15, 0.2) is 0 Å². The molecule has 4 nitrogen and oxygen atoms in total. The molecule has 18 heavy (non-hydrogen) atoms. The van der Waals surface area contributed by atoms with E-state index in [-0.39, 0.29) is 5.92 Å². The van der Waals surface area contributed by atoms with Crippen LogP contribution in [0.3, 0.4) is 0 Å². The fraction of sp³-hybridized carbons (Fsp3) is 0.929. The monoisotopic (exact) mass is 253 g/mol. The van der Waals surface area contributed by atoms with E-state index >= 15 is 0 Å². The number of nitrogens with zero attached hydrogens (tertiary/aromatic N) is 2. The summed E-state index contributed by atoms with van der Waals surface area (Å²) in [4.78, 5) is 17.1. The van der Waals surface area contributed by atoms with Crippen LogP contribution in [0.2, 0.25) is 0 Å². The van der Waals surface area contributed by atoms with Crippen LogP contribution in [-0.2, 0) is 4.79 Å². The smallest absolute Gasteiger partial charge is 0.225 e. The van der Waals surface area contributed by atoms with E-state index in [1.807, 2.05) is 6.92 Å². The first-order chi connectivity index (χ1) is 8.63. The molecular weight excluding hydrogens is 226 g/mol. The molecule has 1 amide bonds. The highest BCUT2D eigenvalue weighted by molar-refractivity contribution is 5.79. The molecule has 2 aliphatic rings. The van der Waals surface area contributed by atoms with Crippen LogP contribution < -0.4 is 5.73 Å². The second-order valence-corrected chi connectivity index (χ2v) is 5.96. The summed E-state index contributed by atoms with van der Waals surface area (Å²) in [5.41, 5.74) is 5.56. The Morgan fingerprint density at radius 3 is 2.89 bits per heavy atom. The number of nitrogens with two attached hydrogens (primary N) is 1. The van der Waals surface area contributed by atoms with Crippen LogP contribution in [0.4, 0.5) is 0 Å². The minimum absolute atomic E-state index is 0.0765. The van der Waals surface area contributed by atoms with E-state index in [0.717, 1.165) is 19.5 Å². The zero-order chi connectivity index (χ0) is 13.1. The highest BCUT2D eigenvalue weighted by Gasteiger charge is 2.36. The fourth-order valence-corrected chi connectivity index (χ4v) is 3.32. The van der Waals surface area contributed by atoms with Crippen molar-refractivity contribution in [3.63, 3.8) is 0 Å². The molecule has 0 bridgehead atoms. The average molecular weight is 253 g/mol. The topological polar surface area (TPSA) is 49.6 Å². The first-order valence-electron chi connectivity index (χ1n) is 7.38. The first-order valence-corrected chi connectivity index (χ1v) is 7.38. The predicted molar refractivity (Wildman–Crippen MR) is 73.2 cm³/mol. The third-order valence-electron chi connectivity index (χ3n) is 4.49. The molecule has 3 unspecified atom stereocenters. The molecule has 0 aromatic rings. The van der Waals surface area contributed by atoms with E-state index in [9.17, 15) is 4.79 Å². The molecule has 2 saturated heterocycles. The van der Waals surface area contributed by atoms with E-state index in [4.69, 9.17) is 5.73 Å². The molecule has 3 atom stereocenters. The number of amides is 1. The zero-order valence-corrected chi connectivity index (χ0v) is 11.8. The van der Waals surface area contributed by atoms with Gasteiger partial charge in [-0.3, -0.25) is 9.69 Å². The maximum atomic E-state index is 12.4. The Morgan fingerprint density at radius 1 is 1.39 bits per heavy atom. The number of carbonyl (C=O) groups excluding carboxylic acids is 1. The van der Waals surface area contributed by atoms with Gasteiger partial charge in [0, 0.05) is 31.1 Å². The summed E-state index contributed by atoms with van der Waals surface area (Å²) < 4.78 is 0. The zero-order valence-electron chi connectivity index (χ0n) is 11.8. The van der Waals surface area contributed by atoms with Crippen molar-refractivity contribution in [1.29, 1.82) is 0 Å². The molecule has 0 aromatic heterocycles. The van der Waals surface area contributed by atoms with Gasteiger partial charge in [0.15, 0.2) is 0 Å². The quantitative estimate of drug-likeness (QED) is 0.818. The van der Waals surface area contributed by atoms with Crippen molar-refractivity contribution in [2.75, 3.05) is 26.2 Å².